The van der Waals surface area contributed by atoms with Crippen LogP contribution < -0.4 is 0 Å². The van der Waals surface area contributed by atoms with Gasteiger partial charge in [0, 0.05) is 15.6 Å². The van der Waals surface area contributed by atoms with Gasteiger partial charge >= 0.3 is 5.97 Å². The first-order valence-corrected chi connectivity index (χ1v) is 11.8. The highest BCUT2D eigenvalue weighted by Gasteiger charge is 2.54. The zero-order valence-corrected chi connectivity index (χ0v) is 18.5. The Bertz CT molecular complexity index is 804. The Hall–Kier alpha value is -1.55. The lowest BCUT2D eigenvalue weighted by atomic mass is 9.52. The van der Waals surface area contributed by atoms with Crippen molar-refractivity contribution in [1.82, 2.24) is 0 Å². The molecule has 0 aromatic heterocycles. The maximum absolute atomic E-state index is 12.7. The lowest BCUT2D eigenvalue weighted by Crippen LogP contribution is -2.49. The molecule has 0 aliphatic heterocycles. The molecule has 1 aromatic rings. The Morgan fingerprint density at radius 3 is 2.62 bits per heavy atom. The van der Waals surface area contributed by atoms with Gasteiger partial charge in [-0.15, -0.1) is 11.8 Å². The molecule has 29 heavy (non-hydrogen) atoms. The molecule has 2 unspecified atom stereocenters. The second-order valence-electron chi connectivity index (χ2n) is 9.63. The topological polar surface area (TPSA) is 43.4 Å². The molecular formula is C25H32O3S. The molecule has 0 radical (unpaired) electrons. The van der Waals surface area contributed by atoms with Crippen molar-refractivity contribution in [3.8, 4) is 0 Å². The van der Waals surface area contributed by atoms with E-state index in [2.05, 4.69) is 44.2 Å². The van der Waals surface area contributed by atoms with E-state index in [4.69, 9.17) is 4.74 Å². The second-order valence-corrected chi connectivity index (χ2v) is 10.8. The highest BCUT2D eigenvalue weighted by atomic mass is 32.2. The number of ether oxygens (including phenoxy) is 1. The molecule has 1 aromatic carbocycles. The fourth-order valence-electron chi connectivity index (χ4n) is 6.20. The number of esters is 1. The molecule has 3 nitrogen and oxygen atoms in total. The van der Waals surface area contributed by atoms with E-state index in [9.17, 15) is 9.59 Å². The van der Waals surface area contributed by atoms with Crippen molar-refractivity contribution in [2.75, 3.05) is 7.11 Å². The van der Waals surface area contributed by atoms with E-state index in [1.165, 1.54) is 23.9 Å². The van der Waals surface area contributed by atoms with E-state index in [1.54, 1.807) is 11.8 Å². The number of thioether (sulfide) groups is 1. The third-order valence-corrected chi connectivity index (χ3v) is 9.32. The number of carbonyl (C=O) groups is 2. The quantitative estimate of drug-likeness (QED) is 0.362. The summed E-state index contributed by atoms with van der Waals surface area (Å²) in [7, 11) is 1.52. The summed E-state index contributed by atoms with van der Waals surface area (Å²) >= 11 is 1.80. The van der Waals surface area contributed by atoms with Crippen molar-refractivity contribution in [3.05, 3.63) is 42.0 Å². The van der Waals surface area contributed by atoms with Gasteiger partial charge in [0.05, 0.1) is 12.5 Å². The molecule has 3 aliphatic rings. The Balaban J connectivity index is 1.68. The van der Waals surface area contributed by atoms with Crippen LogP contribution in [0.2, 0.25) is 0 Å². The summed E-state index contributed by atoms with van der Waals surface area (Å²) < 4.78 is 5.22. The van der Waals surface area contributed by atoms with Crippen LogP contribution in [0.1, 0.15) is 52.4 Å². The molecule has 3 aliphatic carbocycles. The first kappa shape index (κ1) is 20.7. The number of allylic oxidation sites excluding steroid dienone is 1. The molecule has 0 saturated heterocycles. The van der Waals surface area contributed by atoms with Crippen LogP contribution in [0.4, 0.5) is 0 Å². The van der Waals surface area contributed by atoms with Gasteiger partial charge < -0.3 is 9.53 Å². The minimum atomic E-state index is -0.378. The summed E-state index contributed by atoms with van der Waals surface area (Å²) in [6, 6.07) is 10.4. The molecule has 6 atom stereocenters. The number of fused-ring (bicyclic) bond motifs is 3. The van der Waals surface area contributed by atoms with E-state index in [1.807, 2.05) is 6.07 Å². The minimum Gasteiger partial charge on any atom is -0.469 e. The monoisotopic (exact) mass is 412 g/mol. The first-order chi connectivity index (χ1) is 13.9. The van der Waals surface area contributed by atoms with Crippen molar-refractivity contribution in [2.24, 2.45) is 28.6 Å². The van der Waals surface area contributed by atoms with Crippen LogP contribution in [0.5, 0.6) is 0 Å². The number of carbonyl (C=O) groups excluding carboxylic acids is 2. The van der Waals surface area contributed by atoms with E-state index < -0.39 is 0 Å². The van der Waals surface area contributed by atoms with Gasteiger partial charge in [-0.25, -0.2) is 0 Å². The van der Waals surface area contributed by atoms with Gasteiger partial charge in [-0.2, -0.15) is 0 Å². The predicted octanol–water partition coefficient (Wildman–Crippen LogP) is 5.69. The predicted molar refractivity (Wildman–Crippen MR) is 117 cm³/mol. The average Bonchev–Trinajstić information content (AvgIpc) is 2.74. The molecule has 4 heteroatoms. The van der Waals surface area contributed by atoms with Gasteiger partial charge in [0.25, 0.3) is 0 Å². The first-order valence-electron chi connectivity index (χ1n) is 10.9. The summed E-state index contributed by atoms with van der Waals surface area (Å²) in [6.45, 7) is 4.24. The van der Waals surface area contributed by atoms with Crippen LogP contribution in [0.3, 0.4) is 0 Å². The zero-order valence-electron chi connectivity index (χ0n) is 17.7. The van der Waals surface area contributed by atoms with Crippen molar-refractivity contribution >= 4 is 24.0 Å². The van der Waals surface area contributed by atoms with Crippen LogP contribution >= 0.6 is 11.8 Å². The molecule has 0 N–H and O–H groups in total. The Kier molecular flexibility index (Phi) is 5.67. The standard InChI is InChI=1S/C25H32O3S/c1-24(16-26)15-17-11-12-21-19(10-7-13-25(21,2)23(27)28-3)20(17)14-22(24)29-18-8-5-4-6-9-18/h4-6,8-9,14,16-17,19,21-22H,7,10-13,15H2,1-3H3/t17?,19?,21-,22+,24-,25+/m0/s1. The fraction of sp³-hybridized carbons (Fsp3) is 0.600. The highest BCUT2D eigenvalue weighted by molar-refractivity contribution is 8.00. The van der Waals surface area contributed by atoms with Gasteiger partial charge in [0.15, 0.2) is 0 Å². The Labute approximate surface area is 178 Å². The van der Waals surface area contributed by atoms with Crippen molar-refractivity contribution in [2.45, 2.75) is 62.5 Å². The molecule has 2 saturated carbocycles. The highest BCUT2D eigenvalue weighted by Crippen LogP contribution is 2.58. The molecule has 0 bridgehead atoms. The van der Waals surface area contributed by atoms with E-state index in [-0.39, 0.29) is 22.0 Å². The Morgan fingerprint density at radius 1 is 1.17 bits per heavy atom. The van der Waals surface area contributed by atoms with Crippen LogP contribution in [-0.2, 0) is 14.3 Å². The minimum absolute atomic E-state index is 0.0463. The van der Waals surface area contributed by atoms with Crippen LogP contribution in [0, 0.1) is 28.6 Å². The number of hydrogen-bond acceptors (Lipinski definition) is 4. The van der Waals surface area contributed by atoms with Crippen molar-refractivity contribution in [3.63, 3.8) is 0 Å². The summed E-state index contributed by atoms with van der Waals surface area (Å²) in [4.78, 5) is 26.0. The average molecular weight is 413 g/mol. The summed E-state index contributed by atoms with van der Waals surface area (Å²) in [5.74, 6) is 1.23. The fourth-order valence-corrected chi connectivity index (χ4v) is 7.45. The molecule has 0 spiro atoms. The van der Waals surface area contributed by atoms with E-state index in [0.29, 0.717) is 17.8 Å². The maximum atomic E-state index is 12.7. The van der Waals surface area contributed by atoms with Gasteiger partial charge in [-0.1, -0.05) is 43.2 Å². The number of hydrogen-bond donors (Lipinski definition) is 0. The van der Waals surface area contributed by atoms with Crippen molar-refractivity contribution in [1.29, 1.82) is 0 Å². The lowest BCUT2D eigenvalue weighted by Gasteiger charge is -2.53. The molecule has 156 valence electrons. The third-order valence-electron chi connectivity index (χ3n) is 7.85. The molecular weight excluding hydrogens is 380 g/mol. The van der Waals surface area contributed by atoms with Gasteiger partial charge in [-0.05, 0) is 68.9 Å². The SMILES string of the molecule is COC(=O)[C@]1(C)CCCC2C3=C[C@@H](Sc4ccccc4)[C@](C)(C=O)CC3CC[C@@H]21. The number of methoxy groups -OCH3 is 1. The molecule has 0 heterocycles. The molecule has 2 fully saturated rings. The van der Waals surface area contributed by atoms with Gasteiger partial charge in [0.2, 0.25) is 0 Å². The van der Waals surface area contributed by atoms with E-state index >= 15 is 0 Å². The number of rotatable bonds is 4. The Morgan fingerprint density at radius 2 is 1.93 bits per heavy atom. The third kappa shape index (κ3) is 3.58. The van der Waals surface area contributed by atoms with Crippen LogP contribution in [-0.4, -0.2) is 24.6 Å². The second kappa shape index (κ2) is 7.94. The lowest BCUT2D eigenvalue weighted by molar-refractivity contribution is -0.160. The normalized spacial score (nSPS) is 38.9. The zero-order chi connectivity index (χ0) is 20.6. The molecule has 0 amide bonds. The van der Waals surface area contributed by atoms with Crippen molar-refractivity contribution < 1.29 is 14.3 Å². The van der Waals surface area contributed by atoms with Crippen LogP contribution in [0.15, 0.2) is 46.9 Å². The van der Waals surface area contributed by atoms with Gasteiger partial charge in [0.1, 0.15) is 6.29 Å². The summed E-state index contributed by atoms with van der Waals surface area (Å²) in [6.07, 6.45) is 9.80. The summed E-state index contributed by atoms with van der Waals surface area (Å²) in [5.41, 5.74) is 0.794. The number of aldehydes is 1. The largest absolute Gasteiger partial charge is 0.469 e. The van der Waals surface area contributed by atoms with E-state index in [0.717, 1.165) is 38.5 Å². The molecule has 4 rings (SSSR count). The number of benzene rings is 1. The maximum Gasteiger partial charge on any atom is 0.311 e. The summed E-state index contributed by atoms with van der Waals surface area (Å²) in [5, 5.41) is 0.138. The van der Waals surface area contributed by atoms with Gasteiger partial charge in [-0.3, -0.25) is 4.79 Å². The van der Waals surface area contributed by atoms with Crippen LogP contribution in [0.25, 0.3) is 0 Å². The smallest absolute Gasteiger partial charge is 0.311 e.